The van der Waals surface area contributed by atoms with Crippen molar-refractivity contribution < 1.29 is 13.6 Å². The molecule has 0 aliphatic carbocycles. The van der Waals surface area contributed by atoms with Crippen molar-refractivity contribution in [3.8, 4) is 11.3 Å². The Labute approximate surface area is 172 Å². The Bertz CT molecular complexity index is 1190. The van der Waals surface area contributed by atoms with Crippen molar-refractivity contribution >= 4 is 11.6 Å². The lowest BCUT2D eigenvalue weighted by atomic mass is 10.1. The fourth-order valence-electron chi connectivity index (χ4n) is 3.15. The summed E-state index contributed by atoms with van der Waals surface area (Å²) in [6.07, 6.45) is 1.62. The molecule has 30 heavy (non-hydrogen) atoms. The van der Waals surface area contributed by atoms with E-state index in [4.69, 9.17) is 0 Å². The van der Waals surface area contributed by atoms with Crippen LogP contribution in [0.25, 0.3) is 11.3 Å². The summed E-state index contributed by atoms with van der Waals surface area (Å²) in [7, 11) is 0. The van der Waals surface area contributed by atoms with Crippen LogP contribution in [-0.4, -0.2) is 15.7 Å². The number of hydrogen-bond acceptors (Lipinski definition) is 2. The third-order valence-electron chi connectivity index (χ3n) is 4.70. The SMILES string of the molecule is Cc1ccc(-c2nn(Cc3ccccc3)cc2C(=O)Nc2cc(F)ccc2F)cc1. The predicted molar refractivity (Wildman–Crippen MR) is 112 cm³/mol. The molecule has 3 aromatic carbocycles. The maximum absolute atomic E-state index is 14.0. The highest BCUT2D eigenvalue weighted by molar-refractivity contribution is 6.08. The Hall–Kier alpha value is -3.80. The van der Waals surface area contributed by atoms with Crippen LogP contribution in [-0.2, 0) is 6.54 Å². The molecular formula is C24H19F2N3O. The van der Waals surface area contributed by atoms with Gasteiger partial charge in [-0.2, -0.15) is 5.10 Å². The molecule has 4 rings (SSSR count). The van der Waals surface area contributed by atoms with E-state index >= 15 is 0 Å². The lowest BCUT2D eigenvalue weighted by Crippen LogP contribution is -2.13. The van der Waals surface area contributed by atoms with Crippen molar-refractivity contribution in [1.82, 2.24) is 9.78 Å². The van der Waals surface area contributed by atoms with E-state index in [0.717, 1.165) is 34.9 Å². The summed E-state index contributed by atoms with van der Waals surface area (Å²) >= 11 is 0. The minimum Gasteiger partial charge on any atom is -0.319 e. The Morgan fingerprint density at radius 1 is 1.00 bits per heavy atom. The summed E-state index contributed by atoms with van der Waals surface area (Å²) in [5.74, 6) is -1.90. The molecule has 0 saturated carbocycles. The first-order valence-corrected chi connectivity index (χ1v) is 9.44. The van der Waals surface area contributed by atoms with Gasteiger partial charge in [-0.1, -0.05) is 60.2 Å². The zero-order valence-corrected chi connectivity index (χ0v) is 16.3. The third kappa shape index (κ3) is 4.27. The molecule has 0 spiro atoms. The maximum atomic E-state index is 14.0. The van der Waals surface area contributed by atoms with Crippen LogP contribution in [0.2, 0.25) is 0 Å². The first-order chi connectivity index (χ1) is 14.5. The van der Waals surface area contributed by atoms with E-state index in [2.05, 4.69) is 10.4 Å². The second-order valence-corrected chi connectivity index (χ2v) is 7.02. The number of halogens is 2. The van der Waals surface area contributed by atoms with Crippen molar-refractivity contribution in [1.29, 1.82) is 0 Å². The summed E-state index contributed by atoms with van der Waals surface area (Å²) in [5.41, 5.74) is 3.40. The Morgan fingerprint density at radius 3 is 2.47 bits per heavy atom. The van der Waals surface area contributed by atoms with E-state index in [1.165, 1.54) is 0 Å². The van der Waals surface area contributed by atoms with E-state index in [9.17, 15) is 13.6 Å². The van der Waals surface area contributed by atoms with Gasteiger partial charge in [-0.25, -0.2) is 8.78 Å². The highest BCUT2D eigenvalue weighted by atomic mass is 19.1. The molecule has 1 amide bonds. The molecule has 1 N–H and O–H groups in total. The third-order valence-corrected chi connectivity index (χ3v) is 4.70. The fourth-order valence-corrected chi connectivity index (χ4v) is 3.15. The monoisotopic (exact) mass is 403 g/mol. The number of carbonyl (C=O) groups excluding carboxylic acids is 1. The smallest absolute Gasteiger partial charge is 0.259 e. The van der Waals surface area contributed by atoms with Crippen molar-refractivity contribution in [2.75, 3.05) is 5.32 Å². The molecular weight excluding hydrogens is 384 g/mol. The normalized spacial score (nSPS) is 10.8. The number of carbonyl (C=O) groups is 1. The van der Waals surface area contributed by atoms with E-state index < -0.39 is 17.5 Å². The van der Waals surface area contributed by atoms with Crippen LogP contribution in [0.15, 0.2) is 79.0 Å². The number of hydrogen-bond donors (Lipinski definition) is 1. The minimum absolute atomic E-state index is 0.217. The predicted octanol–water partition coefficient (Wildman–Crippen LogP) is 5.44. The van der Waals surface area contributed by atoms with Crippen LogP contribution in [0.3, 0.4) is 0 Å². The van der Waals surface area contributed by atoms with Crippen molar-refractivity contribution in [2.45, 2.75) is 13.5 Å². The zero-order valence-electron chi connectivity index (χ0n) is 16.3. The number of amides is 1. The molecule has 0 bridgehead atoms. The fraction of sp³-hybridized carbons (Fsp3) is 0.0833. The molecule has 1 aromatic heterocycles. The lowest BCUT2D eigenvalue weighted by molar-refractivity contribution is 0.102. The number of nitrogens with zero attached hydrogens (tertiary/aromatic N) is 2. The Balaban J connectivity index is 1.71. The van der Waals surface area contributed by atoms with Gasteiger partial charge in [-0.3, -0.25) is 9.48 Å². The maximum Gasteiger partial charge on any atom is 0.259 e. The number of nitrogens with one attached hydrogen (secondary N) is 1. The highest BCUT2D eigenvalue weighted by Gasteiger charge is 2.19. The summed E-state index contributed by atoms with van der Waals surface area (Å²) in [6.45, 7) is 2.44. The van der Waals surface area contributed by atoms with Crippen LogP contribution in [0.5, 0.6) is 0 Å². The molecule has 150 valence electrons. The number of aryl methyl sites for hydroxylation is 1. The molecule has 0 atom stereocenters. The zero-order chi connectivity index (χ0) is 21.1. The van der Waals surface area contributed by atoms with E-state index in [-0.39, 0.29) is 11.3 Å². The first kappa shape index (κ1) is 19.5. The molecule has 0 aliphatic heterocycles. The number of benzene rings is 3. The van der Waals surface area contributed by atoms with Crippen molar-refractivity contribution in [3.05, 3.63) is 107 Å². The van der Waals surface area contributed by atoms with Crippen LogP contribution in [0, 0.1) is 18.6 Å². The van der Waals surface area contributed by atoms with Gasteiger partial charge in [0, 0.05) is 17.8 Å². The Morgan fingerprint density at radius 2 is 1.73 bits per heavy atom. The average Bonchev–Trinajstić information content (AvgIpc) is 3.16. The molecule has 0 unspecified atom stereocenters. The Kier molecular flexibility index (Phi) is 5.39. The summed E-state index contributed by atoms with van der Waals surface area (Å²) < 4.78 is 29.2. The second-order valence-electron chi connectivity index (χ2n) is 7.02. The van der Waals surface area contributed by atoms with Crippen LogP contribution in [0.4, 0.5) is 14.5 Å². The quantitative estimate of drug-likeness (QED) is 0.483. The first-order valence-electron chi connectivity index (χ1n) is 9.44. The van der Waals surface area contributed by atoms with E-state index in [1.807, 2.05) is 61.5 Å². The molecule has 4 aromatic rings. The van der Waals surface area contributed by atoms with Gasteiger partial charge in [0.05, 0.1) is 17.8 Å². The molecule has 0 fully saturated rings. The molecule has 4 nitrogen and oxygen atoms in total. The standard InChI is InChI=1S/C24H19F2N3O/c1-16-7-9-18(10-8-16)23-20(15-29(28-23)14-17-5-3-2-4-6-17)24(30)27-22-13-19(25)11-12-21(22)26/h2-13,15H,14H2,1H3,(H,27,30). The van der Waals surface area contributed by atoms with Crippen LogP contribution < -0.4 is 5.32 Å². The van der Waals surface area contributed by atoms with E-state index in [0.29, 0.717) is 12.2 Å². The van der Waals surface area contributed by atoms with Crippen molar-refractivity contribution in [3.63, 3.8) is 0 Å². The van der Waals surface area contributed by atoms with Gasteiger partial charge in [0.2, 0.25) is 0 Å². The molecule has 0 aliphatic rings. The van der Waals surface area contributed by atoms with Crippen LogP contribution >= 0.6 is 0 Å². The number of aromatic nitrogens is 2. The largest absolute Gasteiger partial charge is 0.319 e. The number of rotatable bonds is 5. The summed E-state index contributed by atoms with van der Waals surface area (Å²) in [6, 6.07) is 20.3. The van der Waals surface area contributed by atoms with Crippen molar-refractivity contribution in [2.24, 2.45) is 0 Å². The van der Waals surface area contributed by atoms with Gasteiger partial charge in [-0.15, -0.1) is 0 Å². The van der Waals surface area contributed by atoms with Crippen LogP contribution in [0.1, 0.15) is 21.5 Å². The lowest BCUT2D eigenvalue weighted by Gasteiger charge is -2.07. The summed E-state index contributed by atoms with van der Waals surface area (Å²) in [5, 5.41) is 7.05. The average molecular weight is 403 g/mol. The second kappa shape index (κ2) is 8.29. The van der Waals surface area contributed by atoms with Gasteiger partial charge in [-0.05, 0) is 24.6 Å². The van der Waals surface area contributed by atoms with Gasteiger partial charge in [0.1, 0.15) is 17.3 Å². The van der Waals surface area contributed by atoms with Gasteiger partial charge < -0.3 is 5.32 Å². The highest BCUT2D eigenvalue weighted by Crippen LogP contribution is 2.25. The minimum atomic E-state index is -0.710. The molecule has 6 heteroatoms. The van der Waals surface area contributed by atoms with Gasteiger partial charge >= 0.3 is 0 Å². The molecule has 0 radical (unpaired) electrons. The number of anilines is 1. The van der Waals surface area contributed by atoms with E-state index in [1.54, 1.807) is 10.9 Å². The topological polar surface area (TPSA) is 46.9 Å². The molecule has 0 saturated heterocycles. The van der Waals surface area contributed by atoms with Gasteiger partial charge in [0.25, 0.3) is 5.91 Å². The van der Waals surface area contributed by atoms with Gasteiger partial charge in [0.15, 0.2) is 0 Å². The molecule has 1 heterocycles. The summed E-state index contributed by atoms with van der Waals surface area (Å²) in [4.78, 5) is 13.0.